The van der Waals surface area contributed by atoms with Crippen LogP contribution < -0.4 is 0 Å². The van der Waals surface area contributed by atoms with Crippen LogP contribution in [0.25, 0.3) is 0 Å². The molecule has 1 heterocycles. The number of unbranched alkanes of at least 4 members (excludes halogenated alkanes) is 1. The minimum atomic E-state index is -0.258. The van der Waals surface area contributed by atoms with E-state index in [1.165, 1.54) is 0 Å². The molecule has 1 radical (unpaired) electrons. The Labute approximate surface area is 131 Å². The second-order valence-corrected chi connectivity index (χ2v) is 5.59. The average molecular weight is 310 g/mol. The molecule has 1 aliphatic rings. The summed E-state index contributed by atoms with van der Waals surface area (Å²) in [6.45, 7) is 8.38. The van der Waals surface area contributed by atoms with Gasteiger partial charge < -0.3 is 9.64 Å². The molecule has 0 spiro atoms. The molecule has 0 saturated carbocycles. The van der Waals surface area contributed by atoms with E-state index in [-0.39, 0.29) is 12.7 Å². The highest BCUT2D eigenvalue weighted by atomic mass is 35.5. The van der Waals surface area contributed by atoms with Gasteiger partial charge in [-0.25, -0.2) is 4.79 Å². The molecular formula is C16H22ClN2O2. The van der Waals surface area contributed by atoms with Crippen molar-refractivity contribution in [3.63, 3.8) is 0 Å². The molecule has 0 bridgehead atoms. The van der Waals surface area contributed by atoms with E-state index >= 15 is 0 Å². The first-order valence-corrected chi connectivity index (χ1v) is 7.75. The number of carbonyl (C=O) groups excluding carboxylic acids is 1. The van der Waals surface area contributed by atoms with E-state index in [4.69, 9.17) is 16.3 Å². The van der Waals surface area contributed by atoms with E-state index in [0.717, 1.165) is 51.1 Å². The van der Waals surface area contributed by atoms with Gasteiger partial charge >= 0.3 is 6.09 Å². The summed E-state index contributed by atoms with van der Waals surface area (Å²) in [5, 5.41) is 0.628. The van der Waals surface area contributed by atoms with E-state index < -0.39 is 0 Å². The van der Waals surface area contributed by atoms with E-state index in [1.54, 1.807) is 11.0 Å². The second kappa shape index (κ2) is 8.25. The highest BCUT2D eigenvalue weighted by Gasteiger charge is 2.21. The zero-order valence-electron chi connectivity index (χ0n) is 12.3. The van der Waals surface area contributed by atoms with Gasteiger partial charge in [0.05, 0.1) is 0 Å². The van der Waals surface area contributed by atoms with Gasteiger partial charge in [-0.05, 0) is 19.0 Å². The van der Waals surface area contributed by atoms with Gasteiger partial charge in [-0.1, -0.05) is 43.1 Å². The van der Waals surface area contributed by atoms with E-state index in [2.05, 4.69) is 11.8 Å². The van der Waals surface area contributed by atoms with Gasteiger partial charge in [-0.3, -0.25) is 4.90 Å². The fourth-order valence-corrected chi connectivity index (χ4v) is 2.53. The SMILES string of the molecule is [CH2]CCCN1CCN(C(=O)OCc2ccccc2Cl)CC1. The van der Waals surface area contributed by atoms with Crippen LogP contribution in [0.4, 0.5) is 4.79 Å². The van der Waals surface area contributed by atoms with Crippen molar-refractivity contribution in [2.75, 3.05) is 32.7 Å². The maximum Gasteiger partial charge on any atom is 0.410 e. The summed E-state index contributed by atoms with van der Waals surface area (Å²) in [4.78, 5) is 16.2. The monoisotopic (exact) mass is 309 g/mol. The number of hydrogen-bond donors (Lipinski definition) is 0. The Morgan fingerprint density at radius 2 is 1.95 bits per heavy atom. The van der Waals surface area contributed by atoms with Crippen LogP contribution in [0.2, 0.25) is 5.02 Å². The molecule has 0 aromatic heterocycles. The van der Waals surface area contributed by atoms with E-state index in [9.17, 15) is 4.79 Å². The van der Waals surface area contributed by atoms with Crippen molar-refractivity contribution >= 4 is 17.7 Å². The summed E-state index contributed by atoms with van der Waals surface area (Å²) in [5.74, 6) is 0. The number of nitrogens with zero attached hydrogens (tertiary/aromatic N) is 2. The van der Waals surface area contributed by atoms with Gasteiger partial charge in [0.1, 0.15) is 6.61 Å². The van der Waals surface area contributed by atoms with Crippen molar-refractivity contribution in [1.82, 2.24) is 9.80 Å². The molecule has 115 valence electrons. The lowest BCUT2D eigenvalue weighted by Gasteiger charge is -2.34. The quantitative estimate of drug-likeness (QED) is 0.837. The van der Waals surface area contributed by atoms with Gasteiger partial charge in [0.2, 0.25) is 0 Å². The van der Waals surface area contributed by atoms with Crippen LogP contribution in [0, 0.1) is 6.92 Å². The van der Waals surface area contributed by atoms with Crippen molar-refractivity contribution in [3.05, 3.63) is 41.8 Å². The van der Waals surface area contributed by atoms with Crippen molar-refractivity contribution in [2.45, 2.75) is 19.4 Å². The van der Waals surface area contributed by atoms with Crippen molar-refractivity contribution in [2.24, 2.45) is 0 Å². The van der Waals surface area contributed by atoms with Crippen LogP contribution in [0.5, 0.6) is 0 Å². The Bertz CT molecular complexity index is 459. The maximum absolute atomic E-state index is 12.0. The smallest absolute Gasteiger partial charge is 0.410 e. The maximum atomic E-state index is 12.0. The highest BCUT2D eigenvalue weighted by Crippen LogP contribution is 2.16. The summed E-state index contributed by atoms with van der Waals surface area (Å²) in [7, 11) is 0. The molecule has 1 aromatic rings. The number of hydrogen-bond acceptors (Lipinski definition) is 3. The molecule has 1 amide bonds. The molecule has 1 fully saturated rings. The summed E-state index contributed by atoms with van der Waals surface area (Å²) < 4.78 is 5.34. The molecule has 1 saturated heterocycles. The fraction of sp³-hybridized carbons (Fsp3) is 0.500. The molecule has 21 heavy (non-hydrogen) atoms. The minimum Gasteiger partial charge on any atom is -0.444 e. The zero-order valence-corrected chi connectivity index (χ0v) is 13.0. The number of ether oxygens (including phenoxy) is 1. The minimum absolute atomic E-state index is 0.222. The number of amides is 1. The Balaban J connectivity index is 1.74. The number of halogens is 1. The molecule has 2 rings (SSSR count). The standard InChI is InChI=1S/C16H22ClN2O2/c1-2-3-8-18-9-11-19(12-10-18)16(20)21-13-14-6-4-5-7-15(14)17/h4-7H,1-3,8-13H2. The van der Waals surface area contributed by atoms with Crippen LogP contribution in [-0.4, -0.2) is 48.6 Å². The molecule has 0 aliphatic carbocycles. The molecular weight excluding hydrogens is 288 g/mol. The normalized spacial score (nSPS) is 16.0. The summed E-state index contributed by atoms with van der Waals surface area (Å²) in [6, 6.07) is 7.41. The van der Waals surface area contributed by atoms with Crippen LogP contribution in [0.1, 0.15) is 18.4 Å². The molecule has 0 unspecified atom stereocenters. The Hall–Kier alpha value is -1.26. The topological polar surface area (TPSA) is 32.8 Å². The lowest BCUT2D eigenvalue weighted by Crippen LogP contribution is -2.48. The Morgan fingerprint density at radius 3 is 2.62 bits per heavy atom. The zero-order chi connectivity index (χ0) is 15.1. The molecule has 1 aromatic carbocycles. The van der Waals surface area contributed by atoms with Gasteiger partial charge in [0.15, 0.2) is 0 Å². The number of rotatable bonds is 5. The second-order valence-electron chi connectivity index (χ2n) is 5.18. The van der Waals surface area contributed by atoms with Gasteiger partial charge in [0, 0.05) is 36.8 Å². The lowest BCUT2D eigenvalue weighted by atomic mass is 10.2. The van der Waals surface area contributed by atoms with E-state index in [1.807, 2.05) is 18.2 Å². The molecule has 0 atom stereocenters. The molecule has 0 N–H and O–H groups in total. The third kappa shape index (κ3) is 4.90. The Morgan fingerprint density at radius 1 is 1.24 bits per heavy atom. The third-order valence-corrected chi connectivity index (χ3v) is 4.03. The van der Waals surface area contributed by atoms with Crippen molar-refractivity contribution < 1.29 is 9.53 Å². The molecule has 4 nitrogen and oxygen atoms in total. The fourth-order valence-electron chi connectivity index (χ4n) is 2.34. The first-order valence-electron chi connectivity index (χ1n) is 7.37. The first kappa shape index (κ1) is 16.1. The largest absolute Gasteiger partial charge is 0.444 e. The predicted molar refractivity (Wildman–Crippen MR) is 84.2 cm³/mol. The predicted octanol–water partition coefficient (Wildman–Crippen LogP) is 3.21. The van der Waals surface area contributed by atoms with Crippen molar-refractivity contribution in [3.8, 4) is 0 Å². The Kier molecular flexibility index (Phi) is 6.33. The number of carbonyl (C=O) groups is 1. The highest BCUT2D eigenvalue weighted by molar-refractivity contribution is 6.31. The van der Waals surface area contributed by atoms with Crippen LogP contribution in [0.15, 0.2) is 24.3 Å². The van der Waals surface area contributed by atoms with Gasteiger partial charge in [-0.2, -0.15) is 0 Å². The number of piperazine rings is 1. The lowest BCUT2D eigenvalue weighted by molar-refractivity contribution is 0.0715. The summed E-state index contributed by atoms with van der Waals surface area (Å²) >= 11 is 6.04. The molecule has 1 aliphatic heterocycles. The van der Waals surface area contributed by atoms with Crippen LogP contribution >= 0.6 is 11.6 Å². The first-order chi connectivity index (χ1) is 10.2. The van der Waals surface area contributed by atoms with Crippen LogP contribution in [-0.2, 0) is 11.3 Å². The van der Waals surface area contributed by atoms with Gasteiger partial charge in [0.25, 0.3) is 0 Å². The van der Waals surface area contributed by atoms with Gasteiger partial charge in [-0.15, -0.1) is 0 Å². The van der Waals surface area contributed by atoms with E-state index in [0.29, 0.717) is 5.02 Å². The number of benzene rings is 1. The molecule has 5 heteroatoms. The summed E-state index contributed by atoms with van der Waals surface area (Å²) in [6.07, 6.45) is 1.81. The van der Waals surface area contributed by atoms with Crippen LogP contribution in [0.3, 0.4) is 0 Å². The van der Waals surface area contributed by atoms with Crippen molar-refractivity contribution in [1.29, 1.82) is 0 Å². The third-order valence-electron chi connectivity index (χ3n) is 3.66. The summed E-state index contributed by atoms with van der Waals surface area (Å²) in [5.41, 5.74) is 0.835. The average Bonchev–Trinajstić information content (AvgIpc) is 2.52.